The molecule has 0 unspecified atom stereocenters. The summed E-state index contributed by atoms with van der Waals surface area (Å²) >= 11 is 0. The number of benzene rings is 3. The third-order valence-electron chi connectivity index (χ3n) is 4.01. The molecule has 0 heterocycles. The number of amides is 1. The van der Waals surface area contributed by atoms with Gasteiger partial charge < -0.3 is 5.32 Å². The number of rotatable bonds is 3. The van der Waals surface area contributed by atoms with Gasteiger partial charge in [0, 0.05) is 5.56 Å². The first-order valence-electron chi connectivity index (χ1n) is 7.50. The fourth-order valence-electron chi connectivity index (χ4n) is 2.66. The van der Waals surface area contributed by atoms with Gasteiger partial charge in [-0.3, -0.25) is 4.79 Å². The van der Waals surface area contributed by atoms with Crippen molar-refractivity contribution in [3.8, 4) is 0 Å². The summed E-state index contributed by atoms with van der Waals surface area (Å²) in [6.45, 7) is 3.97. The maximum atomic E-state index is 12.4. The highest BCUT2D eigenvalue weighted by Gasteiger charge is 2.13. The lowest BCUT2D eigenvalue weighted by Gasteiger charge is -2.16. The monoisotopic (exact) mass is 289 g/mol. The Morgan fingerprint density at radius 1 is 0.909 bits per heavy atom. The molecule has 0 aromatic heterocycles. The summed E-state index contributed by atoms with van der Waals surface area (Å²) in [7, 11) is 0. The van der Waals surface area contributed by atoms with E-state index in [2.05, 4.69) is 35.6 Å². The van der Waals surface area contributed by atoms with Crippen molar-refractivity contribution in [1.29, 1.82) is 0 Å². The second-order valence-corrected chi connectivity index (χ2v) is 5.62. The Bertz CT molecular complexity index is 823. The van der Waals surface area contributed by atoms with Crippen LogP contribution in [0.15, 0.2) is 66.7 Å². The number of nitrogens with one attached hydrogen (secondary N) is 1. The molecule has 0 fully saturated rings. The summed E-state index contributed by atoms with van der Waals surface area (Å²) in [5.74, 6) is -0.0289. The fourth-order valence-corrected chi connectivity index (χ4v) is 2.66. The molecule has 0 aliphatic rings. The lowest BCUT2D eigenvalue weighted by molar-refractivity contribution is 0.0939. The molecule has 1 amide bonds. The van der Waals surface area contributed by atoms with Crippen molar-refractivity contribution in [1.82, 2.24) is 5.32 Å². The van der Waals surface area contributed by atoms with E-state index in [0.717, 1.165) is 16.7 Å². The van der Waals surface area contributed by atoms with Gasteiger partial charge in [-0.1, -0.05) is 54.6 Å². The topological polar surface area (TPSA) is 29.1 Å². The van der Waals surface area contributed by atoms with Crippen LogP contribution in [0.5, 0.6) is 0 Å². The molecule has 3 aromatic carbocycles. The largest absolute Gasteiger partial charge is 0.346 e. The van der Waals surface area contributed by atoms with E-state index in [4.69, 9.17) is 0 Å². The predicted octanol–water partition coefficient (Wildman–Crippen LogP) is 4.64. The van der Waals surface area contributed by atoms with Crippen LogP contribution in [-0.4, -0.2) is 5.91 Å². The SMILES string of the molecule is Cc1ccccc1C(=O)N[C@H](C)c1ccc2ccccc2c1. The molecular formula is C20H19NO. The average Bonchev–Trinajstić information content (AvgIpc) is 2.54. The van der Waals surface area contributed by atoms with Gasteiger partial charge in [0.15, 0.2) is 0 Å². The van der Waals surface area contributed by atoms with E-state index < -0.39 is 0 Å². The lowest BCUT2D eigenvalue weighted by Crippen LogP contribution is -2.27. The summed E-state index contributed by atoms with van der Waals surface area (Å²) in [5, 5.41) is 5.48. The number of carbonyl (C=O) groups excluding carboxylic acids is 1. The molecule has 0 bridgehead atoms. The first-order chi connectivity index (χ1) is 10.6. The highest BCUT2D eigenvalue weighted by Crippen LogP contribution is 2.20. The fraction of sp³-hybridized carbons (Fsp3) is 0.150. The molecule has 2 heteroatoms. The third kappa shape index (κ3) is 2.86. The van der Waals surface area contributed by atoms with E-state index in [9.17, 15) is 4.79 Å². The number of hydrogen-bond donors (Lipinski definition) is 1. The summed E-state index contributed by atoms with van der Waals surface area (Å²) in [4.78, 5) is 12.4. The Morgan fingerprint density at radius 3 is 2.36 bits per heavy atom. The van der Waals surface area contributed by atoms with Gasteiger partial charge in [-0.15, -0.1) is 0 Å². The quantitative estimate of drug-likeness (QED) is 0.747. The molecule has 0 spiro atoms. The normalized spacial score (nSPS) is 12.1. The molecule has 0 saturated carbocycles. The van der Waals surface area contributed by atoms with Crippen LogP contribution in [0.1, 0.15) is 34.5 Å². The average molecular weight is 289 g/mol. The number of hydrogen-bond acceptors (Lipinski definition) is 1. The molecule has 110 valence electrons. The molecular weight excluding hydrogens is 270 g/mol. The van der Waals surface area contributed by atoms with Crippen molar-refractivity contribution >= 4 is 16.7 Å². The maximum absolute atomic E-state index is 12.4. The van der Waals surface area contributed by atoms with Gasteiger partial charge in [0.25, 0.3) is 5.91 Å². The predicted molar refractivity (Wildman–Crippen MR) is 91.0 cm³/mol. The number of carbonyl (C=O) groups is 1. The van der Waals surface area contributed by atoms with Gasteiger partial charge >= 0.3 is 0 Å². The van der Waals surface area contributed by atoms with Crippen molar-refractivity contribution < 1.29 is 4.79 Å². The molecule has 3 aromatic rings. The zero-order valence-corrected chi connectivity index (χ0v) is 12.8. The number of fused-ring (bicyclic) bond motifs is 1. The Balaban J connectivity index is 1.82. The van der Waals surface area contributed by atoms with Crippen LogP contribution in [0, 0.1) is 6.92 Å². The minimum Gasteiger partial charge on any atom is -0.346 e. The van der Waals surface area contributed by atoms with E-state index >= 15 is 0 Å². The summed E-state index contributed by atoms with van der Waals surface area (Å²) in [6, 6.07) is 22.2. The lowest BCUT2D eigenvalue weighted by atomic mass is 10.0. The van der Waals surface area contributed by atoms with Crippen LogP contribution in [0.25, 0.3) is 10.8 Å². The standard InChI is InChI=1S/C20H19NO/c1-14-7-3-6-10-19(14)20(22)21-15(2)17-12-11-16-8-4-5-9-18(16)13-17/h3-13,15H,1-2H3,(H,21,22)/t15-/m1/s1. The second-order valence-electron chi connectivity index (χ2n) is 5.62. The van der Waals surface area contributed by atoms with Crippen molar-refractivity contribution in [2.75, 3.05) is 0 Å². The van der Waals surface area contributed by atoms with Gasteiger partial charge in [-0.25, -0.2) is 0 Å². The van der Waals surface area contributed by atoms with Gasteiger partial charge in [-0.2, -0.15) is 0 Å². The zero-order chi connectivity index (χ0) is 15.5. The Hall–Kier alpha value is -2.61. The Morgan fingerprint density at radius 2 is 1.59 bits per heavy atom. The van der Waals surface area contributed by atoms with Crippen molar-refractivity contribution in [3.05, 3.63) is 83.4 Å². The summed E-state index contributed by atoms with van der Waals surface area (Å²) in [6.07, 6.45) is 0. The molecule has 22 heavy (non-hydrogen) atoms. The molecule has 1 N–H and O–H groups in total. The van der Waals surface area contributed by atoms with Gasteiger partial charge in [0.05, 0.1) is 6.04 Å². The smallest absolute Gasteiger partial charge is 0.252 e. The van der Waals surface area contributed by atoms with E-state index in [0.29, 0.717) is 0 Å². The van der Waals surface area contributed by atoms with E-state index in [1.54, 1.807) is 0 Å². The molecule has 0 saturated heterocycles. The highest BCUT2D eigenvalue weighted by molar-refractivity contribution is 5.95. The first kappa shape index (κ1) is 14.3. The molecule has 3 rings (SSSR count). The second kappa shape index (κ2) is 6.02. The Kier molecular flexibility index (Phi) is 3.92. The van der Waals surface area contributed by atoms with Crippen molar-refractivity contribution in [2.45, 2.75) is 19.9 Å². The zero-order valence-electron chi connectivity index (χ0n) is 12.8. The highest BCUT2D eigenvalue weighted by atomic mass is 16.1. The van der Waals surface area contributed by atoms with E-state index in [-0.39, 0.29) is 11.9 Å². The van der Waals surface area contributed by atoms with Gasteiger partial charge in [0.1, 0.15) is 0 Å². The number of aryl methyl sites for hydroxylation is 1. The molecule has 0 aliphatic carbocycles. The van der Waals surface area contributed by atoms with Crippen LogP contribution in [0.4, 0.5) is 0 Å². The van der Waals surface area contributed by atoms with E-state index in [1.807, 2.05) is 50.2 Å². The van der Waals surface area contributed by atoms with E-state index in [1.165, 1.54) is 10.8 Å². The third-order valence-corrected chi connectivity index (χ3v) is 4.01. The maximum Gasteiger partial charge on any atom is 0.252 e. The summed E-state index contributed by atoms with van der Waals surface area (Å²) in [5.41, 5.74) is 2.83. The minimum absolute atomic E-state index is 0.0289. The molecule has 1 atom stereocenters. The minimum atomic E-state index is -0.0308. The van der Waals surface area contributed by atoms with Crippen molar-refractivity contribution in [2.24, 2.45) is 0 Å². The van der Waals surface area contributed by atoms with Crippen LogP contribution in [0.3, 0.4) is 0 Å². The van der Waals surface area contributed by atoms with Crippen LogP contribution in [0.2, 0.25) is 0 Å². The van der Waals surface area contributed by atoms with Crippen LogP contribution >= 0.6 is 0 Å². The van der Waals surface area contributed by atoms with Crippen LogP contribution < -0.4 is 5.32 Å². The molecule has 0 radical (unpaired) electrons. The van der Waals surface area contributed by atoms with Crippen molar-refractivity contribution in [3.63, 3.8) is 0 Å². The molecule has 0 aliphatic heterocycles. The molecule has 2 nitrogen and oxygen atoms in total. The van der Waals surface area contributed by atoms with Crippen LogP contribution in [-0.2, 0) is 0 Å². The first-order valence-corrected chi connectivity index (χ1v) is 7.50. The van der Waals surface area contributed by atoms with Gasteiger partial charge in [-0.05, 0) is 47.9 Å². The summed E-state index contributed by atoms with van der Waals surface area (Å²) < 4.78 is 0. The van der Waals surface area contributed by atoms with Gasteiger partial charge in [0.2, 0.25) is 0 Å². The Labute approximate surface area is 130 Å².